The molecule has 1 aliphatic carbocycles. The zero-order chi connectivity index (χ0) is 19.0. The largest absolute Gasteiger partial charge is 0.465 e. The van der Waals surface area contributed by atoms with Crippen LogP contribution in [0.15, 0.2) is 54.6 Å². The van der Waals surface area contributed by atoms with Crippen LogP contribution in [0.5, 0.6) is 0 Å². The lowest BCUT2D eigenvalue weighted by Gasteiger charge is -2.37. The number of methoxy groups -OCH3 is 2. The van der Waals surface area contributed by atoms with Crippen molar-refractivity contribution in [3.8, 4) is 0 Å². The average molecular weight is 363 g/mol. The number of hydrogen-bond acceptors (Lipinski definition) is 5. The van der Waals surface area contributed by atoms with Gasteiger partial charge in [-0.3, -0.25) is 0 Å². The van der Waals surface area contributed by atoms with E-state index >= 15 is 0 Å². The van der Waals surface area contributed by atoms with E-state index < -0.39 is 0 Å². The summed E-state index contributed by atoms with van der Waals surface area (Å²) in [7, 11) is 2.78. The van der Waals surface area contributed by atoms with E-state index in [1.54, 1.807) is 18.2 Å². The lowest BCUT2D eigenvalue weighted by atomic mass is 9.76. The van der Waals surface area contributed by atoms with E-state index in [-0.39, 0.29) is 23.9 Å². The summed E-state index contributed by atoms with van der Waals surface area (Å²) >= 11 is 0. The van der Waals surface area contributed by atoms with Crippen LogP contribution >= 0.6 is 0 Å². The van der Waals surface area contributed by atoms with Crippen molar-refractivity contribution in [1.82, 2.24) is 0 Å². The number of nitrogens with one attached hydrogen (secondary N) is 1. The van der Waals surface area contributed by atoms with Crippen LogP contribution in [0.4, 0.5) is 5.69 Å². The zero-order valence-corrected chi connectivity index (χ0v) is 15.3. The molecule has 0 saturated carbocycles. The van der Waals surface area contributed by atoms with Crippen LogP contribution in [0.2, 0.25) is 0 Å². The number of hydrogen-bond donors (Lipinski definition) is 1. The van der Waals surface area contributed by atoms with E-state index in [0.717, 1.165) is 23.2 Å². The van der Waals surface area contributed by atoms with Gasteiger partial charge in [0.1, 0.15) is 0 Å². The van der Waals surface area contributed by atoms with E-state index in [2.05, 4.69) is 17.5 Å². The number of fused-ring (bicyclic) bond motifs is 3. The Hall–Kier alpha value is -3.08. The van der Waals surface area contributed by atoms with Crippen molar-refractivity contribution >= 4 is 17.6 Å². The van der Waals surface area contributed by atoms with Gasteiger partial charge in [0.15, 0.2) is 0 Å². The molecule has 4 rings (SSSR count). The van der Waals surface area contributed by atoms with Gasteiger partial charge in [-0.05, 0) is 53.8 Å². The van der Waals surface area contributed by atoms with E-state index in [9.17, 15) is 9.59 Å². The predicted molar refractivity (Wildman–Crippen MR) is 102 cm³/mol. The summed E-state index contributed by atoms with van der Waals surface area (Å²) in [5.41, 5.74) is 4.39. The molecule has 2 aromatic carbocycles. The maximum atomic E-state index is 11.9. The zero-order valence-electron chi connectivity index (χ0n) is 15.3. The second kappa shape index (κ2) is 6.91. The number of anilines is 1. The third-order valence-electron chi connectivity index (χ3n) is 5.47. The fraction of sp³-hybridized carbons (Fsp3) is 0.273. The van der Waals surface area contributed by atoms with E-state index in [0.29, 0.717) is 17.0 Å². The highest BCUT2D eigenvalue weighted by molar-refractivity contribution is 5.90. The minimum absolute atomic E-state index is 0.133. The van der Waals surface area contributed by atoms with Crippen LogP contribution in [0.3, 0.4) is 0 Å². The normalized spacial score (nSPS) is 22.4. The van der Waals surface area contributed by atoms with Crippen molar-refractivity contribution in [3.05, 3.63) is 76.9 Å². The van der Waals surface area contributed by atoms with Gasteiger partial charge in [-0.1, -0.05) is 24.3 Å². The first kappa shape index (κ1) is 17.3. The quantitative estimate of drug-likeness (QED) is 0.657. The monoisotopic (exact) mass is 363 g/mol. The van der Waals surface area contributed by atoms with E-state index in [1.807, 2.05) is 24.3 Å². The Bertz CT molecular complexity index is 916. The summed E-state index contributed by atoms with van der Waals surface area (Å²) in [5.74, 6) is -0.0541. The first-order valence-electron chi connectivity index (χ1n) is 8.96. The Kier molecular flexibility index (Phi) is 4.44. The minimum Gasteiger partial charge on any atom is -0.465 e. The van der Waals surface area contributed by atoms with Crippen LogP contribution in [0.25, 0.3) is 0 Å². The van der Waals surface area contributed by atoms with Gasteiger partial charge in [-0.25, -0.2) is 9.59 Å². The van der Waals surface area contributed by atoms with Gasteiger partial charge in [-0.15, -0.1) is 0 Å². The molecule has 0 fully saturated rings. The van der Waals surface area contributed by atoms with Gasteiger partial charge in [0.05, 0.1) is 31.4 Å². The van der Waals surface area contributed by atoms with Crippen LogP contribution in [0.1, 0.15) is 50.2 Å². The van der Waals surface area contributed by atoms with Crippen molar-refractivity contribution in [1.29, 1.82) is 0 Å². The first-order valence-corrected chi connectivity index (χ1v) is 8.96. The molecule has 5 heteroatoms. The van der Waals surface area contributed by atoms with Crippen molar-refractivity contribution in [2.75, 3.05) is 19.5 Å². The average Bonchev–Trinajstić information content (AvgIpc) is 3.22. The summed E-state index contributed by atoms with van der Waals surface area (Å²) < 4.78 is 9.63. The third-order valence-corrected chi connectivity index (χ3v) is 5.47. The summed E-state index contributed by atoms with van der Waals surface area (Å²) in [6, 6.07) is 13.4. The minimum atomic E-state index is -0.334. The molecular weight excluding hydrogens is 342 g/mol. The van der Waals surface area contributed by atoms with Crippen LogP contribution < -0.4 is 5.32 Å². The summed E-state index contributed by atoms with van der Waals surface area (Å²) in [5, 5.41) is 3.62. The molecule has 2 aliphatic rings. The molecule has 27 heavy (non-hydrogen) atoms. The van der Waals surface area contributed by atoms with Crippen LogP contribution in [-0.4, -0.2) is 26.2 Å². The fourth-order valence-electron chi connectivity index (χ4n) is 4.11. The number of rotatable bonds is 3. The first-order chi connectivity index (χ1) is 13.1. The molecule has 0 radical (unpaired) electrons. The van der Waals surface area contributed by atoms with Crippen molar-refractivity contribution in [2.45, 2.75) is 18.4 Å². The van der Waals surface area contributed by atoms with Crippen LogP contribution in [0, 0.1) is 5.92 Å². The van der Waals surface area contributed by atoms with Crippen molar-refractivity contribution < 1.29 is 19.1 Å². The molecule has 1 N–H and O–H groups in total. The Balaban J connectivity index is 1.68. The van der Waals surface area contributed by atoms with Gasteiger partial charge in [0.25, 0.3) is 0 Å². The SMILES string of the molecule is COC(=O)c1ccc([C@@H]2Nc3ccc(C(=O)OC)cc3[C@@H]3C=CC[C@H]32)cc1. The lowest BCUT2D eigenvalue weighted by molar-refractivity contribution is 0.0591. The van der Waals surface area contributed by atoms with Gasteiger partial charge in [0, 0.05) is 11.6 Å². The molecule has 138 valence electrons. The molecule has 1 heterocycles. The summed E-state index contributed by atoms with van der Waals surface area (Å²) in [4.78, 5) is 23.6. The van der Waals surface area contributed by atoms with Crippen molar-refractivity contribution in [2.24, 2.45) is 5.92 Å². The standard InChI is InChI=1S/C22H21NO4/c1-26-21(24)14-8-6-13(7-9-14)20-17-5-3-4-16(17)18-12-15(22(25)27-2)10-11-19(18)23-20/h3-4,6-12,16-17,20,23H,5H2,1-2H3/t16-,17-,20+/m1/s1. The Morgan fingerprint density at radius 1 is 0.963 bits per heavy atom. The molecule has 1 aliphatic heterocycles. The molecule has 0 aromatic heterocycles. The predicted octanol–water partition coefficient (Wildman–Crippen LogP) is 4.09. The molecular formula is C22H21NO4. The molecule has 3 atom stereocenters. The summed E-state index contributed by atoms with van der Waals surface area (Å²) in [6.45, 7) is 0. The number of benzene rings is 2. The van der Waals surface area contributed by atoms with E-state index in [1.165, 1.54) is 14.2 Å². The molecule has 0 unspecified atom stereocenters. The molecule has 5 nitrogen and oxygen atoms in total. The van der Waals surface area contributed by atoms with Gasteiger partial charge < -0.3 is 14.8 Å². The smallest absolute Gasteiger partial charge is 0.337 e. The second-order valence-corrected chi connectivity index (χ2v) is 6.88. The lowest BCUT2D eigenvalue weighted by Crippen LogP contribution is -2.29. The highest BCUT2D eigenvalue weighted by Crippen LogP contribution is 2.49. The maximum Gasteiger partial charge on any atom is 0.337 e. The topological polar surface area (TPSA) is 64.6 Å². The highest BCUT2D eigenvalue weighted by Gasteiger charge is 2.38. The van der Waals surface area contributed by atoms with Crippen molar-refractivity contribution in [3.63, 3.8) is 0 Å². The van der Waals surface area contributed by atoms with Gasteiger partial charge in [-0.2, -0.15) is 0 Å². The summed E-state index contributed by atoms with van der Waals surface area (Å²) in [6.07, 6.45) is 5.39. The Morgan fingerprint density at radius 2 is 1.63 bits per heavy atom. The van der Waals surface area contributed by atoms with E-state index in [4.69, 9.17) is 9.47 Å². The molecule has 0 spiro atoms. The molecule has 0 saturated heterocycles. The van der Waals surface area contributed by atoms with Crippen LogP contribution in [-0.2, 0) is 9.47 Å². The number of carbonyl (C=O) groups is 2. The Morgan fingerprint density at radius 3 is 2.33 bits per heavy atom. The van der Waals surface area contributed by atoms with Gasteiger partial charge in [0.2, 0.25) is 0 Å². The fourth-order valence-corrected chi connectivity index (χ4v) is 4.11. The maximum absolute atomic E-state index is 11.9. The molecule has 0 bridgehead atoms. The van der Waals surface area contributed by atoms with Gasteiger partial charge >= 0.3 is 11.9 Å². The Labute approximate surface area is 158 Å². The third kappa shape index (κ3) is 2.99. The second-order valence-electron chi connectivity index (χ2n) is 6.88. The number of esters is 2. The molecule has 2 aromatic rings. The number of ether oxygens (including phenoxy) is 2. The number of carbonyl (C=O) groups excluding carboxylic acids is 2. The molecule has 0 amide bonds. The number of allylic oxidation sites excluding steroid dienone is 2. The highest BCUT2D eigenvalue weighted by atomic mass is 16.5.